The van der Waals surface area contributed by atoms with Gasteiger partial charge in [0.05, 0.1) is 22.0 Å². The maximum absolute atomic E-state index is 15.8. The van der Waals surface area contributed by atoms with E-state index in [-0.39, 0.29) is 12.2 Å². The highest BCUT2D eigenvalue weighted by Crippen LogP contribution is 2.37. The van der Waals surface area contributed by atoms with Crippen LogP contribution >= 0.6 is 11.3 Å². The number of aryl methyl sites for hydroxylation is 1. The Kier molecular flexibility index (Phi) is 6.39. The van der Waals surface area contributed by atoms with Gasteiger partial charge >= 0.3 is 5.76 Å². The zero-order chi connectivity index (χ0) is 26.9. The molecule has 4 aromatic carbocycles. The first-order valence-electron chi connectivity index (χ1n) is 12.4. The third-order valence-electron chi connectivity index (χ3n) is 6.72. The highest BCUT2D eigenvalue weighted by atomic mass is 32.1. The number of oxazole rings is 1. The molecule has 0 aliphatic carbocycles. The van der Waals surface area contributed by atoms with E-state index in [4.69, 9.17) is 9.41 Å². The van der Waals surface area contributed by atoms with Crippen LogP contribution in [-0.4, -0.2) is 16.3 Å². The molecule has 7 heteroatoms. The topological polar surface area (TPSA) is 71.3 Å². The maximum atomic E-state index is 15.8. The van der Waals surface area contributed by atoms with Gasteiger partial charge in [-0.3, -0.25) is 9.56 Å². The zero-order valence-corrected chi connectivity index (χ0v) is 21.8. The van der Waals surface area contributed by atoms with Crippen molar-refractivity contribution in [3.63, 3.8) is 0 Å². The Morgan fingerprint density at radius 3 is 2.36 bits per heavy atom. The van der Waals surface area contributed by atoms with E-state index in [1.54, 1.807) is 19.2 Å². The lowest BCUT2D eigenvalue weighted by Gasteiger charge is -2.12. The molecule has 1 unspecified atom stereocenters. The van der Waals surface area contributed by atoms with Gasteiger partial charge in [0.2, 0.25) is 0 Å². The number of hydrogen-bond acceptors (Lipinski definition) is 5. The van der Waals surface area contributed by atoms with Crippen LogP contribution in [-0.2, 0) is 13.5 Å². The van der Waals surface area contributed by atoms with Gasteiger partial charge in [-0.25, -0.2) is 9.18 Å². The van der Waals surface area contributed by atoms with Crippen LogP contribution < -0.4 is 5.76 Å². The van der Waals surface area contributed by atoms with Crippen molar-refractivity contribution in [2.45, 2.75) is 12.5 Å². The molecule has 5 nitrogen and oxygen atoms in total. The van der Waals surface area contributed by atoms with Crippen LogP contribution in [0.4, 0.5) is 4.39 Å². The molecule has 0 saturated heterocycles. The fourth-order valence-electron chi connectivity index (χ4n) is 4.68. The summed E-state index contributed by atoms with van der Waals surface area (Å²) < 4.78 is 23.0. The van der Waals surface area contributed by atoms with Gasteiger partial charge in [0.15, 0.2) is 5.58 Å². The van der Waals surface area contributed by atoms with Crippen LogP contribution in [0.5, 0.6) is 0 Å². The second-order valence-electron chi connectivity index (χ2n) is 9.24. The summed E-state index contributed by atoms with van der Waals surface area (Å²) in [6.07, 6.45) is 0.151. The smallest absolute Gasteiger partial charge is 0.408 e. The normalized spacial score (nSPS) is 11.9. The number of hydrogen-bond donors (Lipinski definition) is 0. The van der Waals surface area contributed by atoms with Gasteiger partial charge in [-0.1, -0.05) is 72.8 Å². The Hall–Kier alpha value is -4.80. The van der Waals surface area contributed by atoms with Crippen molar-refractivity contribution < 1.29 is 8.81 Å². The van der Waals surface area contributed by atoms with Crippen LogP contribution in [0.2, 0.25) is 0 Å². The number of benzene rings is 4. The number of nitrogens with zero attached hydrogens (tertiary/aromatic N) is 3. The van der Waals surface area contributed by atoms with Gasteiger partial charge in [-0.2, -0.15) is 5.26 Å². The molecule has 2 heterocycles. The van der Waals surface area contributed by atoms with Crippen molar-refractivity contribution in [1.82, 2.24) is 4.57 Å². The average molecular weight is 532 g/mol. The monoisotopic (exact) mass is 531 g/mol. The molecule has 0 radical (unpaired) electrons. The molecule has 0 bridgehead atoms. The number of nitriles is 1. The Morgan fingerprint density at radius 1 is 1.00 bits per heavy atom. The van der Waals surface area contributed by atoms with Crippen molar-refractivity contribution in [2.75, 3.05) is 0 Å². The van der Waals surface area contributed by atoms with Crippen molar-refractivity contribution in [1.29, 1.82) is 5.26 Å². The number of halogens is 1. The lowest BCUT2D eigenvalue weighted by molar-refractivity contribution is 0.528. The molecule has 0 saturated carbocycles. The van der Waals surface area contributed by atoms with Crippen molar-refractivity contribution in [2.24, 2.45) is 12.0 Å². The van der Waals surface area contributed by atoms with Gasteiger partial charge in [0, 0.05) is 29.5 Å². The predicted molar refractivity (Wildman–Crippen MR) is 154 cm³/mol. The highest BCUT2D eigenvalue weighted by Gasteiger charge is 2.18. The standard InChI is InChI=1S/C32H22FN3O2S/c1-36-26-17-22(14-15-27(26)38-32(36)37)28-18-24-13-12-23(29(33)31(24)39-28)16-25(19-34)35-30(20-8-4-2-5-9-20)21-10-6-3-7-11-21/h2-15,17-18,25H,16H2,1H3. The first kappa shape index (κ1) is 24.5. The Morgan fingerprint density at radius 2 is 1.69 bits per heavy atom. The molecule has 190 valence electrons. The molecule has 2 aromatic heterocycles. The molecule has 0 N–H and O–H groups in total. The number of aliphatic imine (C=N–C) groups is 1. The van der Waals surface area contributed by atoms with E-state index in [0.717, 1.165) is 27.0 Å². The second-order valence-corrected chi connectivity index (χ2v) is 10.3. The largest absolute Gasteiger partial charge is 0.419 e. The fraction of sp³-hybridized carbons (Fsp3) is 0.0938. The lowest BCUT2D eigenvalue weighted by Crippen LogP contribution is -2.13. The van der Waals surface area contributed by atoms with Gasteiger partial charge in [0.25, 0.3) is 0 Å². The zero-order valence-electron chi connectivity index (χ0n) is 21.0. The molecular weight excluding hydrogens is 509 g/mol. The van der Waals surface area contributed by atoms with Gasteiger partial charge in [-0.05, 0) is 40.8 Å². The molecule has 0 aliphatic heterocycles. The minimum atomic E-state index is -0.767. The summed E-state index contributed by atoms with van der Waals surface area (Å²) in [7, 11) is 1.66. The number of rotatable bonds is 6. The third-order valence-corrected chi connectivity index (χ3v) is 7.92. The molecule has 0 aliphatic rings. The van der Waals surface area contributed by atoms with E-state index in [1.807, 2.05) is 84.9 Å². The quantitative estimate of drug-likeness (QED) is 0.215. The van der Waals surface area contributed by atoms with Crippen LogP contribution in [0.1, 0.15) is 16.7 Å². The summed E-state index contributed by atoms with van der Waals surface area (Å²) in [5.41, 5.74) is 5.00. The average Bonchev–Trinajstić information content (AvgIpc) is 3.54. The van der Waals surface area contributed by atoms with Crippen molar-refractivity contribution in [3.8, 4) is 16.5 Å². The van der Waals surface area contributed by atoms with Gasteiger partial charge in [-0.15, -0.1) is 11.3 Å². The molecule has 0 fully saturated rings. The highest BCUT2D eigenvalue weighted by molar-refractivity contribution is 7.22. The Labute approximate surface area is 227 Å². The Bertz CT molecular complexity index is 1910. The third kappa shape index (κ3) is 4.67. The number of fused-ring (bicyclic) bond motifs is 2. The van der Waals surface area contributed by atoms with Crippen LogP contribution in [0, 0.1) is 17.1 Å². The van der Waals surface area contributed by atoms with Gasteiger partial charge < -0.3 is 4.42 Å². The predicted octanol–water partition coefficient (Wildman–Crippen LogP) is 7.12. The van der Waals surface area contributed by atoms with Crippen LogP contribution in [0.15, 0.2) is 111 Å². The number of thiophene rings is 1. The van der Waals surface area contributed by atoms with E-state index in [1.165, 1.54) is 15.9 Å². The first-order valence-corrected chi connectivity index (χ1v) is 13.2. The second kappa shape index (κ2) is 10.2. The Balaban J connectivity index is 1.36. The van der Waals surface area contributed by atoms with Crippen molar-refractivity contribution in [3.05, 3.63) is 130 Å². The van der Waals surface area contributed by atoms with Crippen molar-refractivity contribution >= 4 is 38.2 Å². The SMILES string of the molecule is Cn1c(=O)oc2ccc(-c3cc4ccc(CC(C#N)N=C(c5ccccc5)c5ccccc5)c(F)c4s3)cc21. The van der Waals surface area contributed by atoms with E-state index in [9.17, 15) is 10.1 Å². The molecule has 6 rings (SSSR count). The molecule has 0 spiro atoms. The van der Waals surface area contributed by atoms with E-state index in [0.29, 0.717) is 27.1 Å². The summed E-state index contributed by atoms with van der Waals surface area (Å²) >= 11 is 1.34. The van der Waals surface area contributed by atoms with E-state index >= 15 is 4.39 Å². The van der Waals surface area contributed by atoms with E-state index in [2.05, 4.69) is 6.07 Å². The summed E-state index contributed by atoms with van der Waals surface area (Å²) in [6.45, 7) is 0. The minimum Gasteiger partial charge on any atom is -0.408 e. The molecule has 0 amide bonds. The fourth-order valence-corrected chi connectivity index (χ4v) is 5.80. The molecule has 6 aromatic rings. The molecule has 1 atom stereocenters. The van der Waals surface area contributed by atoms with Crippen LogP contribution in [0.3, 0.4) is 0 Å². The summed E-state index contributed by atoms with van der Waals surface area (Å²) in [5, 5.41) is 10.8. The summed E-state index contributed by atoms with van der Waals surface area (Å²) in [5.74, 6) is -0.761. The number of aromatic nitrogens is 1. The summed E-state index contributed by atoms with van der Waals surface area (Å²) in [4.78, 5) is 17.5. The van der Waals surface area contributed by atoms with Crippen LogP contribution in [0.25, 0.3) is 31.6 Å². The minimum absolute atomic E-state index is 0.151. The molecular formula is C32H22FN3O2S. The first-order chi connectivity index (χ1) is 19.0. The van der Waals surface area contributed by atoms with Gasteiger partial charge in [0.1, 0.15) is 11.9 Å². The molecule has 39 heavy (non-hydrogen) atoms. The lowest BCUT2D eigenvalue weighted by atomic mass is 10.0. The maximum Gasteiger partial charge on any atom is 0.419 e. The van der Waals surface area contributed by atoms with E-state index < -0.39 is 11.8 Å². The summed E-state index contributed by atoms with van der Waals surface area (Å²) in [6, 6.07) is 32.0.